The van der Waals surface area contributed by atoms with Gasteiger partial charge in [0.25, 0.3) is 0 Å². The van der Waals surface area contributed by atoms with Crippen molar-refractivity contribution in [3.63, 3.8) is 0 Å². The number of nitrogens with zero attached hydrogens (tertiary/aromatic N) is 1. The Morgan fingerprint density at radius 3 is 2.88 bits per heavy atom. The van der Waals surface area contributed by atoms with E-state index in [1.807, 2.05) is 13.0 Å². The monoisotopic (exact) mass is 345 g/mol. The van der Waals surface area contributed by atoms with Gasteiger partial charge in [0.05, 0.1) is 18.5 Å². The number of rotatable bonds is 4. The summed E-state index contributed by atoms with van der Waals surface area (Å²) in [5, 5.41) is 6.13. The highest BCUT2D eigenvalue weighted by molar-refractivity contribution is 7.15. The van der Waals surface area contributed by atoms with E-state index >= 15 is 0 Å². The lowest BCUT2D eigenvalue weighted by Gasteiger charge is -2.07. The van der Waals surface area contributed by atoms with Crippen molar-refractivity contribution >= 4 is 23.1 Å². The fourth-order valence-corrected chi connectivity index (χ4v) is 3.07. The molecule has 0 aliphatic rings. The second kappa shape index (κ2) is 6.84. The fourth-order valence-electron chi connectivity index (χ4n) is 2.10. The molecule has 0 spiro atoms. The maximum Gasteiger partial charge on any atom is 0.319 e. The molecule has 3 aromatic rings. The summed E-state index contributed by atoms with van der Waals surface area (Å²) in [5.74, 6) is 0.350. The minimum absolute atomic E-state index is 0.338. The second-order valence-electron chi connectivity index (χ2n) is 5.28. The molecule has 3 rings (SSSR count). The Morgan fingerprint density at radius 2 is 2.17 bits per heavy atom. The standard InChI is InChI=1S/C17H16FN3O2S/c1-10-5-6-12(8-13(10)18)21-17(22)19-9-15-11(2)20-16(24-15)14-4-3-7-23-14/h3-8H,9H2,1-2H3,(H2,19,21,22). The Hall–Kier alpha value is -2.67. The highest BCUT2D eigenvalue weighted by Crippen LogP contribution is 2.28. The van der Waals surface area contributed by atoms with E-state index in [0.717, 1.165) is 15.6 Å². The van der Waals surface area contributed by atoms with Crippen molar-refractivity contribution < 1.29 is 13.6 Å². The number of nitrogens with one attached hydrogen (secondary N) is 2. The first-order valence-electron chi connectivity index (χ1n) is 7.34. The van der Waals surface area contributed by atoms with E-state index in [4.69, 9.17) is 4.42 Å². The molecule has 0 radical (unpaired) electrons. The number of furan rings is 1. The second-order valence-corrected chi connectivity index (χ2v) is 6.36. The lowest BCUT2D eigenvalue weighted by atomic mass is 10.2. The number of urea groups is 1. The van der Waals surface area contributed by atoms with Gasteiger partial charge in [0.2, 0.25) is 0 Å². The van der Waals surface area contributed by atoms with Gasteiger partial charge < -0.3 is 15.1 Å². The van der Waals surface area contributed by atoms with Crippen LogP contribution in [0, 0.1) is 19.7 Å². The van der Waals surface area contributed by atoms with Crippen molar-refractivity contribution in [2.45, 2.75) is 20.4 Å². The number of carbonyl (C=O) groups excluding carboxylic acids is 1. The van der Waals surface area contributed by atoms with E-state index in [0.29, 0.717) is 23.6 Å². The minimum Gasteiger partial charge on any atom is -0.462 e. The van der Waals surface area contributed by atoms with Crippen LogP contribution in [0.4, 0.5) is 14.9 Å². The van der Waals surface area contributed by atoms with Crippen LogP contribution < -0.4 is 10.6 Å². The molecule has 5 nitrogen and oxygen atoms in total. The maximum atomic E-state index is 13.5. The molecule has 0 bridgehead atoms. The molecule has 0 saturated carbocycles. The van der Waals surface area contributed by atoms with Crippen molar-refractivity contribution in [3.8, 4) is 10.8 Å². The molecule has 2 N–H and O–H groups in total. The molecule has 0 unspecified atom stereocenters. The average molecular weight is 345 g/mol. The lowest BCUT2D eigenvalue weighted by molar-refractivity contribution is 0.252. The van der Waals surface area contributed by atoms with Crippen molar-refractivity contribution in [1.82, 2.24) is 10.3 Å². The van der Waals surface area contributed by atoms with Gasteiger partial charge in [0.1, 0.15) is 5.82 Å². The third-order valence-corrected chi connectivity index (χ3v) is 4.64. The SMILES string of the molecule is Cc1ccc(NC(=O)NCc2sc(-c3ccco3)nc2C)cc1F. The van der Waals surface area contributed by atoms with Crippen LogP contribution in [0.3, 0.4) is 0 Å². The zero-order chi connectivity index (χ0) is 17.1. The van der Waals surface area contributed by atoms with Crippen molar-refractivity contribution in [3.05, 3.63) is 58.5 Å². The molecule has 124 valence electrons. The van der Waals surface area contributed by atoms with Gasteiger partial charge in [-0.15, -0.1) is 11.3 Å². The smallest absolute Gasteiger partial charge is 0.319 e. The first-order chi connectivity index (χ1) is 11.5. The number of aromatic nitrogens is 1. The van der Waals surface area contributed by atoms with Crippen LogP contribution in [0.1, 0.15) is 16.1 Å². The highest BCUT2D eigenvalue weighted by atomic mass is 32.1. The van der Waals surface area contributed by atoms with Gasteiger partial charge in [-0.1, -0.05) is 6.07 Å². The van der Waals surface area contributed by atoms with Crippen LogP contribution in [0.5, 0.6) is 0 Å². The number of amides is 2. The molecule has 7 heteroatoms. The molecular weight excluding hydrogens is 329 g/mol. The van der Waals surface area contributed by atoms with E-state index in [1.165, 1.54) is 17.4 Å². The molecule has 0 aliphatic heterocycles. The predicted octanol–water partition coefficient (Wildman–Crippen LogP) is 4.48. The molecule has 2 heterocycles. The molecule has 0 fully saturated rings. The van der Waals surface area contributed by atoms with E-state index in [-0.39, 0.29) is 5.82 Å². The van der Waals surface area contributed by atoms with Crippen molar-refractivity contribution in [1.29, 1.82) is 0 Å². The van der Waals surface area contributed by atoms with Crippen molar-refractivity contribution in [2.24, 2.45) is 0 Å². The normalized spacial score (nSPS) is 10.6. The highest BCUT2D eigenvalue weighted by Gasteiger charge is 2.12. The number of aryl methyl sites for hydroxylation is 2. The number of halogens is 1. The number of thiazole rings is 1. The third-order valence-electron chi connectivity index (χ3n) is 3.46. The Balaban J connectivity index is 1.61. The summed E-state index contributed by atoms with van der Waals surface area (Å²) in [6, 6.07) is 7.82. The first kappa shape index (κ1) is 16.2. The quantitative estimate of drug-likeness (QED) is 0.732. The largest absolute Gasteiger partial charge is 0.462 e. The Kier molecular flexibility index (Phi) is 4.61. The van der Waals surface area contributed by atoms with E-state index in [1.54, 1.807) is 31.4 Å². The van der Waals surface area contributed by atoms with Crippen LogP contribution in [0.2, 0.25) is 0 Å². The summed E-state index contributed by atoms with van der Waals surface area (Å²) >= 11 is 1.46. The van der Waals surface area contributed by atoms with Gasteiger partial charge in [-0.2, -0.15) is 0 Å². The predicted molar refractivity (Wildman–Crippen MR) is 91.5 cm³/mol. The fraction of sp³-hybridized carbons (Fsp3) is 0.176. The number of anilines is 1. The number of benzene rings is 1. The molecule has 1 aromatic carbocycles. The number of hydrogen-bond acceptors (Lipinski definition) is 4. The Labute approximate surface area is 142 Å². The summed E-state index contributed by atoms with van der Waals surface area (Å²) in [6.45, 7) is 3.89. The summed E-state index contributed by atoms with van der Waals surface area (Å²) < 4.78 is 18.8. The average Bonchev–Trinajstić information content (AvgIpc) is 3.18. The zero-order valence-corrected chi connectivity index (χ0v) is 14.0. The molecule has 2 amide bonds. The van der Waals surface area contributed by atoms with Gasteiger partial charge in [-0.3, -0.25) is 0 Å². The van der Waals surface area contributed by atoms with E-state index < -0.39 is 6.03 Å². The molecule has 24 heavy (non-hydrogen) atoms. The Bertz CT molecular complexity index is 859. The van der Waals surface area contributed by atoms with Crippen LogP contribution in [-0.4, -0.2) is 11.0 Å². The summed E-state index contributed by atoms with van der Waals surface area (Å²) in [7, 11) is 0. The van der Waals surface area contributed by atoms with Gasteiger partial charge in [-0.05, 0) is 43.7 Å². The summed E-state index contributed by atoms with van der Waals surface area (Å²) in [4.78, 5) is 17.3. The minimum atomic E-state index is -0.398. The van der Waals surface area contributed by atoms with Crippen LogP contribution in [0.15, 0.2) is 41.0 Å². The summed E-state index contributed by atoms with van der Waals surface area (Å²) in [6.07, 6.45) is 1.60. The van der Waals surface area contributed by atoms with Gasteiger partial charge in [0.15, 0.2) is 10.8 Å². The molecule has 2 aromatic heterocycles. The number of hydrogen-bond donors (Lipinski definition) is 2. The Morgan fingerprint density at radius 1 is 1.33 bits per heavy atom. The van der Waals surface area contributed by atoms with Crippen LogP contribution in [-0.2, 0) is 6.54 Å². The topological polar surface area (TPSA) is 67.2 Å². The third kappa shape index (κ3) is 3.62. The van der Waals surface area contributed by atoms with Crippen LogP contribution in [0.25, 0.3) is 10.8 Å². The molecule has 0 saturated heterocycles. The van der Waals surface area contributed by atoms with Gasteiger partial charge >= 0.3 is 6.03 Å². The number of carbonyl (C=O) groups is 1. The van der Waals surface area contributed by atoms with E-state index in [2.05, 4.69) is 15.6 Å². The van der Waals surface area contributed by atoms with Crippen LogP contribution >= 0.6 is 11.3 Å². The first-order valence-corrected chi connectivity index (χ1v) is 8.16. The molecule has 0 atom stereocenters. The lowest BCUT2D eigenvalue weighted by Crippen LogP contribution is -2.28. The summed E-state index contributed by atoms with van der Waals surface area (Å²) in [5.41, 5.74) is 1.78. The van der Waals surface area contributed by atoms with Crippen molar-refractivity contribution in [2.75, 3.05) is 5.32 Å². The zero-order valence-electron chi connectivity index (χ0n) is 13.2. The maximum absolute atomic E-state index is 13.5. The van der Waals surface area contributed by atoms with Gasteiger partial charge in [-0.25, -0.2) is 14.2 Å². The molecular formula is C17H16FN3O2S. The van der Waals surface area contributed by atoms with E-state index in [9.17, 15) is 9.18 Å². The van der Waals surface area contributed by atoms with Gasteiger partial charge in [0, 0.05) is 10.6 Å². The molecule has 0 aliphatic carbocycles.